The van der Waals surface area contributed by atoms with Gasteiger partial charge < -0.3 is 9.90 Å². The van der Waals surface area contributed by atoms with Crippen LogP contribution >= 0.6 is 11.6 Å². The molecule has 2 aromatic rings. The molecule has 0 spiro atoms. The van der Waals surface area contributed by atoms with Crippen molar-refractivity contribution in [3.05, 3.63) is 41.0 Å². The average molecular weight is 207 g/mol. The number of carbonyl (C=O) groups is 1. The molecule has 0 saturated heterocycles. The maximum absolute atomic E-state index is 10.5. The summed E-state index contributed by atoms with van der Waals surface area (Å²) in [6.07, 6.45) is 1.27. The quantitative estimate of drug-likeness (QED) is 0.706. The molecule has 0 fully saturated rings. The fraction of sp³-hybridized carbons (Fsp3) is 0. The van der Waals surface area contributed by atoms with Crippen LogP contribution in [0.1, 0.15) is 10.4 Å². The van der Waals surface area contributed by atoms with Crippen molar-refractivity contribution >= 4 is 28.5 Å². The van der Waals surface area contributed by atoms with Gasteiger partial charge in [-0.3, -0.25) is 4.98 Å². The molecular formula is C10H5ClNO2-. The maximum atomic E-state index is 10.5. The summed E-state index contributed by atoms with van der Waals surface area (Å²) >= 11 is 5.76. The first kappa shape index (κ1) is 8.97. The number of aromatic nitrogens is 1. The summed E-state index contributed by atoms with van der Waals surface area (Å²) in [4.78, 5) is 14.5. The number of benzene rings is 1. The minimum Gasteiger partial charge on any atom is -0.545 e. The largest absolute Gasteiger partial charge is 0.545 e. The van der Waals surface area contributed by atoms with E-state index in [0.717, 1.165) is 0 Å². The van der Waals surface area contributed by atoms with Crippen molar-refractivity contribution in [3.8, 4) is 0 Å². The van der Waals surface area contributed by atoms with Gasteiger partial charge in [0.05, 0.1) is 11.5 Å². The second kappa shape index (κ2) is 3.27. The highest BCUT2D eigenvalue weighted by molar-refractivity contribution is 6.31. The van der Waals surface area contributed by atoms with Crippen molar-refractivity contribution in [1.82, 2.24) is 4.98 Å². The van der Waals surface area contributed by atoms with Crippen molar-refractivity contribution in [2.45, 2.75) is 0 Å². The molecule has 1 heterocycles. The highest BCUT2D eigenvalue weighted by Gasteiger charge is 1.99. The molecule has 3 nitrogen and oxygen atoms in total. The first-order valence-electron chi connectivity index (χ1n) is 3.93. The Balaban J connectivity index is 2.69. The molecule has 0 unspecified atom stereocenters. The van der Waals surface area contributed by atoms with Gasteiger partial charge in [0.15, 0.2) is 0 Å². The van der Waals surface area contributed by atoms with Gasteiger partial charge in [-0.1, -0.05) is 11.6 Å². The van der Waals surface area contributed by atoms with Crippen LogP contribution in [0.5, 0.6) is 0 Å². The van der Waals surface area contributed by atoms with Crippen LogP contribution in [0.25, 0.3) is 10.9 Å². The molecule has 0 radical (unpaired) electrons. The Labute approximate surface area is 85.0 Å². The van der Waals surface area contributed by atoms with Gasteiger partial charge in [-0.2, -0.15) is 0 Å². The molecule has 14 heavy (non-hydrogen) atoms. The summed E-state index contributed by atoms with van der Waals surface area (Å²) in [7, 11) is 0. The first-order chi connectivity index (χ1) is 6.66. The summed E-state index contributed by atoms with van der Waals surface area (Å²) in [6.45, 7) is 0. The monoisotopic (exact) mass is 206 g/mol. The van der Waals surface area contributed by atoms with Gasteiger partial charge in [-0.25, -0.2) is 0 Å². The van der Waals surface area contributed by atoms with Crippen LogP contribution < -0.4 is 5.11 Å². The highest BCUT2D eigenvalue weighted by Crippen LogP contribution is 2.18. The Morgan fingerprint density at radius 3 is 2.86 bits per heavy atom. The molecular weight excluding hydrogens is 202 g/mol. The van der Waals surface area contributed by atoms with E-state index in [0.29, 0.717) is 15.9 Å². The third-order valence-corrected chi connectivity index (χ3v) is 2.11. The summed E-state index contributed by atoms with van der Waals surface area (Å²) in [5.74, 6) is -1.24. The average Bonchev–Trinajstić information content (AvgIpc) is 2.16. The number of carbonyl (C=O) groups excluding carboxylic acids is 1. The fourth-order valence-corrected chi connectivity index (χ4v) is 1.39. The van der Waals surface area contributed by atoms with Gasteiger partial charge in [-0.05, 0) is 24.3 Å². The van der Waals surface area contributed by atoms with E-state index in [9.17, 15) is 9.90 Å². The third kappa shape index (κ3) is 1.54. The van der Waals surface area contributed by atoms with Crippen molar-refractivity contribution in [3.63, 3.8) is 0 Å². The Bertz CT molecular complexity index is 510. The van der Waals surface area contributed by atoms with E-state index in [1.54, 1.807) is 18.2 Å². The lowest BCUT2D eigenvalue weighted by atomic mass is 10.1. The molecule has 0 aliphatic heterocycles. The lowest BCUT2D eigenvalue weighted by Crippen LogP contribution is -2.22. The Morgan fingerprint density at radius 2 is 2.14 bits per heavy atom. The number of aromatic carboxylic acids is 1. The van der Waals surface area contributed by atoms with Gasteiger partial charge in [0.2, 0.25) is 0 Å². The number of hydrogen-bond acceptors (Lipinski definition) is 3. The standard InChI is InChI=1S/C10H6ClNO2/c11-8-1-2-9-6(4-8)3-7(5-12-9)10(13)14/h1-5H,(H,13,14)/p-1. The summed E-state index contributed by atoms with van der Waals surface area (Å²) in [5, 5.41) is 11.8. The molecule has 1 aromatic heterocycles. The van der Waals surface area contributed by atoms with E-state index in [-0.39, 0.29) is 5.56 Å². The van der Waals surface area contributed by atoms with Crippen LogP contribution in [-0.4, -0.2) is 11.0 Å². The number of nitrogens with zero attached hydrogens (tertiary/aromatic N) is 1. The van der Waals surface area contributed by atoms with E-state index < -0.39 is 5.97 Å². The molecule has 2 rings (SSSR count). The van der Waals surface area contributed by atoms with Gasteiger partial charge >= 0.3 is 0 Å². The lowest BCUT2D eigenvalue weighted by molar-refractivity contribution is -0.255. The normalized spacial score (nSPS) is 10.4. The third-order valence-electron chi connectivity index (χ3n) is 1.88. The highest BCUT2D eigenvalue weighted by atomic mass is 35.5. The van der Waals surface area contributed by atoms with Gasteiger partial charge in [0, 0.05) is 22.2 Å². The Hall–Kier alpha value is -1.61. The lowest BCUT2D eigenvalue weighted by Gasteiger charge is -2.03. The zero-order valence-electron chi connectivity index (χ0n) is 7.03. The van der Waals surface area contributed by atoms with Crippen molar-refractivity contribution in [1.29, 1.82) is 0 Å². The van der Waals surface area contributed by atoms with E-state index in [4.69, 9.17) is 11.6 Å². The molecule has 0 aliphatic carbocycles. The SMILES string of the molecule is O=C([O-])c1cnc2ccc(Cl)cc2c1. The number of hydrogen-bond donors (Lipinski definition) is 0. The van der Waals surface area contributed by atoms with Crippen LogP contribution in [0, 0.1) is 0 Å². The van der Waals surface area contributed by atoms with Crippen LogP contribution in [-0.2, 0) is 0 Å². The van der Waals surface area contributed by atoms with Gasteiger partial charge in [0.1, 0.15) is 0 Å². The van der Waals surface area contributed by atoms with Crippen LogP contribution in [0.4, 0.5) is 0 Å². The van der Waals surface area contributed by atoms with Crippen molar-refractivity contribution in [2.75, 3.05) is 0 Å². The second-order valence-electron chi connectivity index (χ2n) is 2.85. The minimum atomic E-state index is -1.24. The van der Waals surface area contributed by atoms with Crippen molar-refractivity contribution < 1.29 is 9.90 Å². The van der Waals surface area contributed by atoms with Crippen LogP contribution in [0.3, 0.4) is 0 Å². The topological polar surface area (TPSA) is 53.0 Å². The Morgan fingerprint density at radius 1 is 1.36 bits per heavy atom. The minimum absolute atomic E-state index is 0.0553. The summed E-state index contributed by atoms with van der Waals surface area (Å²) < 4.78 is 0. The number of fused-ring (bicyclic) bond motifs is 1. The molecule has 4 heteroatoms. The molecule has 70 valence electrons. The molecule has 0 amide bonds. The number of pyridine rings is 1. The fourth-order valence-electron chi connectivity index (χ4n) is 1.21. The number of carboxylic acid groups (broad SMARTS) is 1. The Kier molecular flexibility index (Phi) is 2.09. The zero-order valence-corrected chi connectivity index (χ0v) is 7.78. The molecule has 0 aliphatic rings. The maximum Gasteiger partial charge on any atom is 0.0731 e. The number of carboxylic acids is 1. The molecule has 0 bridgehead atoms. The van der Waals surface area contributed by atoms with Crippen LogP contribution in [0.2, 0.25) is 5.02 Å². The van der Waals surface area contributed by atoms with Crippen LogP contribution in [0.15, 0.2) is 30.5 Å². The first-order valence-corrected chi connectivity index (χ1v) is 4.31. The van der Waals surface area contributed by atoms with E-state index in [2.05, 4.69) is 4.98 Å². The van der Waals surface area contributed by atoms with E-state index >= 15 is 0 Å². The van der Waals surface area contributed by atoms with Gasteiger partial charge in [-0.15, -0.1) is 0 Å². The molecule has 0 N–H and O–H groups in total. The number of rotatable bonds is 1. The second-order valence-corrected chi connectivity index (χ2v) is 3.28. The number of halogens is 1. The van der Waals surface area contributed by atoms with E-state index in [1.807, 2.05) is 0 Å². The zero-order chi connectivity index (χ0) is 10.1. The smallest absolute Gasteiger partial charge is 0.0731 e. The summed E-state index contributed by atoms with van der Waals surface area (Å²) in [6, 6.07) is 6.59. The molecule has 0 saturated carbocycles. The molecule has 0 atom stereocenters. The predicted octanol–water partition coefficient (Wildman–Crippen LogP) is 1.25. The molecule has 1 aromatic carbocycles. The van der Waals surface area contributed by atoms with Gasteiger partial charge in [0.25, 0.3) is 0 Å². The van der Waals surface area contributed by atoms with Crippen molar-refractivity contribution in [2.24, 2.45) is 0 Å². The van der Waals surface area contributed by atoms with E-state index in [1.165, 1.54) is 12.3 Å². The predicted molar refractivity (Wildman–Crippen MR) is 51.1 cm³/mol. The summed E-state index contributed by atoms with van der Waals surface area (Å²) in [5.41, 5.74) is 0.763.